The van der Waals surface area contributed by atoms with E-state index in [9.17, 15) is 14.4 Å². The van der Waals surface area contributed by atoms with Crippen LogP contribution >= 0.6 is 0 Å². The van der Waals surface area contributed by atoms with Gasteiger partial charge >= 0.3 is 0 Å². The molecule has 0 radical (unpaired) electrons. The van der Waals surface area contributed by atoms with E-state index in [2.05, 4.69) is 4.98 Å². The number of fused-ring (bicyclic) bond motifs is 1. The van der Waals surface area contributed by atoms with Gasteiger partial charge in [0.2, 0.25) is 5.91 Å². The highest BCUT2D eigenvalue weighted by Crippen LogP contribution is 2.23. The van der Waals surface area contributed by atoms with Gasteiger partial charge in [0.05, 0.1) is 30.4 Å². The average Bonchev–Trinajstić information content (AvgIpc) is 2.84. The number of benzene rings is 1. The number of carbonyl (C=O) groups is 3. The van der Waals surface area contributed by atoms with Gasteiger partial charge in [0, 0.05) is 6.20 Å². The second kappa shape index (κ2) is 6.01. The standard InChI is InChI=1S/C18H15N3O4/c22-16(20-9-13(10-20)25-12-4-3-7-19-8-12)11-21-17(23)14-5-1-2-6-15(14)18(21)24/h1-8,13H,9-11H2. The molecule has 1 saturated heterocycles. The minimum atomic E-state index is -0.419. The number of likely N-dealkylation sites (tertiary alicyclic amines) is 1. The summed E-state index contributed by atoms with van der Waals surface area (Å²) in [5.74, 6) is -0.448. The first-order valence-corrected chi connectivity index (χ1v) is 7.93. The first-order chi connectivity index (χ1) is 12.1. The number of imide groups is 1. The van der Waals surface area contributed by atoms with Gasteiger partial charge in [0.15, 0.2) is 0 Å². The van der Waals surface area contributed by atoms with Crippen LogP contribution in [0.1, 0.15) is 20.7 Å². The Bertz CT molecular complexity index is 811. The first-order valence-electron chi connectivity index (χ1n) is 7.93. The van der Waals surface area contributed by atoms with Crippen LogP contribution in [-0.4, -0.2) is 58.2 Å². The zero-order chi connectivity index (χ0) is 17.4. The molecule has 2 aromatic rings. The van der Waals surface area contributed by atoms with Crippen molar-refractivity contribution in [3.63, 3.8) is 0 Å². The predicted molar refractivity (Wildman–Crippen MR) is 87.0 cm³/mol. The van der Waals surface area contributed by atoms with E-state index in [0.29, 0.717) is 30.0 Å². The molecule has 2 aliphatic rings. The number of carbonyl (C=O) groups excluding carboxylic acids is 3. The van der Waals surface area contributed by atoms with Crippen LogP contribution in [0.5, 0.6) is 5.75 Å². The van der Waals surface area contributed by atoms with Gasteiger partial charge in [-0.1, -0.05) is 12.1 Å². The van der Waals surface area contributed by atoms with Crippen LogP contribution in [0.2, 0.25) is 0 Å². The van der Waals surface area contributed by atoms with Crippen LogP contribution < -0.4 is 4.74 Å². The van der Waals surface area contributed by atoms with Crippen molar-refractivity contribution in [3.05, 3.63) is 59.9 Å². The van der Waals surface area contributed by atoms with Crippen molar-refractivity contribution in [3.8, 4) is 5.75 Å². The third-order valence-corrected chi connectivity index (χ3v) is 4.31. The van der Waals surface area contributed by atoms with Crippen molar-refractivity contribution in [2.45, 2.75) is 6.10 Å². The fourth-order valence-corrected chi connectivity index (χ4v) is 2.94. The van der Waals surface area contributed by atoms with E-state index in [4.69, 9.17) is 4.74 Å². The van der Waals surface area contributed by atoms with Gasteiger partial charge in [-0.15, -0.1) is 0 Å². The summed E-state index contributed by atoms with van der Waals surface area (Å²) in [6.07, 6.45) is 3.17. The molecule has 3 heterocycles. The minimum Gasteiger partial charge on any atom is -0.485 e. The quantitative estimate of drug-likeness (QED) is 0.777. The van der Waals surface area contributed by atoms with Crippen LogP contribution in [-0.2, 0) is 4.79 Å². The monoisotopic (exact) mass is 337 g/mol. The molecule has 1 aromatic carbocycles. The van der Waals surface area contributed by atoms with Crippen molar-refractivity contribution in [1.82, 2.24) is 14.8 Å². The van der Waals surface area contributed by atoms with Gasteiger partial charge in [0.1, 0.15) is 18.4 Å². The topological polar surface area (TPSA) is 79.8 Å². The molecule has 1 aromatic heterocycles. The average molecular weight is 337 g/mol. The lowest BCUT2D eigenvalue weighted by atomic mass is 10.1. The second-order valence-electron chi connectivity index (χ2n) is 5.97. The van der Waals surface area contributed by atoms with Crippen molar-refractivity contribution < 1.29 is 19.1 Å². The summed E-state index contributed by atoms with van der Waals surface area (Å²) in [6.45, 7) is 0.611. The summed E-state index contributed by atoms with van der Waals surface area (Å²) in [5, 5.41) is 0. The van der Waals surface area contributed by atoms with Crippen molar-refractivity contribution in [1.29, 1.82) is 0 Å². The van der Waals surface area contributed by atoms with E-state index in [1.807, 2.05) is 0 Å². The van der Waals surface area contributed by atoms with Crippen LogP contribution in [0.4, 0.5) is 0 Å². The van der Waals surface area contributed by atoms with E-state index in [1.54, 1.807) is 53.7 Å². The molecule has 25 heavy (non-hydrogen) atoms. The lowest BCUT2D eigenvalue weighted by Crippen LogP contribution is -2.58. The fraction of sp³-hybridized carbons (Fsp3) is 0.222. The van der Waals surface area contributed by atoms with Crippen molar-refractivity contribution in [2.75, 3.05) is 19.6 Å². The summed E-state index contributed by atoms with van der Waals surface area (Å²) in [4.78, 5) is 43.4. The normalized spacial score (nSPS) is 16.6. The molecule has 7 heteroatoms. The smallest absolute Gasteiger partial charge is 0.262 e. The van der Waals surface area contributed by atoms with E-state index < -0.39 is 11.8 Å². The molecule has 7 nitrogen and oxygen atoms in total. The van der Waals surface area contributed by atoms with Crippen molar-refractivity contribution >= 4 is 17.7 Å². The molecule has 0 bridgehead atoms. The summed E-state index contributed by atoms with van der Waals surface area (Å²) >= 11 is 0. The lowest BCUT2D eigenvalue weighted by molar-refractivity contribution is -0.140. The number of rotatable bonds is 4. The molecule has 2 aliphatic heterocycles. The molecule has 1 fully saturated rings. The number of amides is 3. The molecule has 0 spiro atoms. The maximum Gasteiger partial charge on any atom is 0.262 e. The van der Waals surface area contributed by atoms with E-state index >= 15 is 0 Å². The second-order valence-corrected chi connectivity index (χ2v) is 5.97. The Morgan fingerprint density at radius 1 is 1.08 bits per heavy atom. The molecular weight excluding hydrogens is 322 g/mol. The Kier molecular flexibility index (Phi) is 3.68. The zero-order valence-corrected chi connectivity index (χ0v) is 13.3. The maximum absolute atomic E-state index is 12.3. The maximum atomic E-state index is 12.3. The van der Waals surface area contributed by atoms with E-state index in [0.717, 1.165) is 4.90 Å². The first kappa shape index (κ1) is 15.3. The molecule has 0 unspecified atom stereocenters. The highest BCUT2D eigenvalue weighted by Gasteiger charge is 2.39. The van der Waals surface area contributed by atoms with Gasteiger partial charge in [-0.25, -0.2) is 0 Å². The number of ether oxygens (including phenoxy) is 1. The Labute approximate surface area is 143 Å². The van der Waals surface area contributed by atoms with Crippen LogP contribution in [0, 0.1) is 0 Å². The van der Waals surface area contributed by atoms with Crippen LogP contribution in [0.3, 0.4) is 0 Å². The number of aromatic nitrogens is 1. The fourth-order valence-electron chi connectivity index (χ4n) is 2.94. The molecular formula is C18H15N3O4. The van der Waals surface area contributed by atoms with Crippen LogP contribution in [0.15, 0.2) is 48.8 Å². The SMILES string of the molecule is O=C(CN1C(=O)c2ccccc2C1=O)N1CC(Oc2cccnc2)C1. The van der Waals surface area contributed by atoms with E-state index in [1.165, 1.54) is 0 Å². The molecule has 0 saturated carbocycles. The van der Waals surface area contributed by atoms with Gasteiger partial charge in [-0.2, -0.15) is 0 Å². The van der Waals surface area contributed by atoms with E-state index in [-0.39, 0.29) is 18.6 Å². The Morgan fingerprint density at radius 3 is 2.36 bits per heavy atom. The Morgan fingerprint density at radius 2 is 1.76 bits per heavy atom. The third-order valence-electron chi connectivity index (χ3n) is 4.31. The summed E-state index contributed by atoms with van der Waals surface area (Å²) in [6, 6.07) is 10.2. The van der Waals surface area contributed by atoms with Crippen LogP contribution in [0.25, 0.3) is 0 Å². The number of hydrogen-bond acceptors (Lipinski definition) is 5. The molecule has 4 rings (SSSR count). The van der Waals surface area contributed by atoms with Gasteiger partial charge in [0.25, 0.3) is 11.8 Å². The van der Waals surface area contributed by atoms with Crippen molar-refractivity contribution in [2.24, 2.45) is 0 Å². The molecule has 0 N–H and O–H groups in total. The molecule has 3 amide bonds. The number of hydrogen-bond donors (Lipinski definition) is 0. The highest BCUT2D eigenvalue weighted by atomic mass is 16.5. The van der Waals surface area contributed by atoms with Gasteiger partial charge < -0.3 is 9.64 Å². The number of pyridine rings is 1. The summed E-state index contributed by atoms with van der Waals surface area (Å²) in [7, 11) is 0. The highest BCUT2D eigenvalue weighted by molar-refractivity contribution is 6.22. The minimum absolute atomic E-state index is 0.102. The summed E-state index contributed by atoms with van der Waals surface area (Å²) < 4.78 is 5.69. The molecule has 0 atom stereocenters. The Hall–Kier alpha value is -3.22. The summed E-state index contributed by atoms with van der Waals surface area (Å²) in [5.41, 5.74) is 0.698. The van der Waals surface area contributed by atoms with Gasteiger partial charge in [-0.05, 0) is 24.3 Å². The molecule has 126 valence electrons. The zero-order valence-electron chi connectivity index (χ0n) is 13.3. The predicted octanol–water partition coefficient (Wildman–Crippen LogP) is 0.967. The molecule has 0 aliphatic carbocycles. The largest absolute Gasteiger partial charge is 0.485 e. The lowest BCUT2D eigenvalue weighted by Gasteiger charge is -2.39. The van der Waals surface area contributed by atoms with Gasteiger partial charge in [-0.3, -0.25) is 24.3 Å². The number of nitrogens with zero attached hydrogens (tertiary/aromatic N) is 3. The third kappa shape index (κ3) is 2.73. The Balaban J connectivity index is 1.34.